The van der Waals surface area contributed by atoms with Crippen LogP contribution in [-0.4, -0.2) is 0 Å². The average Bonchev–Trinajstić information content (AvgIpc) is 1.82. The minimum absolute atomic E-state index is 0.549. The number of hydrogen-bond donors (Lipinski definition) is 1. The van der Waals surface area contributed by atoms with Crippen molar-refractivity contribution < 1.29 is 0 Å². The van der Waals surface area contributed by atoms with Gasteiger partial charge in [-0.1, -0.05) is 29.8 Å². The van der Waals surface area contributed by atoms with E-state index in [4.69, 9.17) is 28.9 Å². The fraction of sp³-hybridized carbons (Fsp3) is 0.111. The highest BCUT2D eigenvalue weighted by Gasteiger charge is 2.06. The van der Waals surface area contributed by atoms with Gasteiger partial charge >= 0.3 is 0 Å². The molecule has 0 radical (unpaired) electrons. The first-order valence-corrected chi connectivity index (χ1v) is 4.18. The highest BCUT2D eigenvalue weighted by Crippen LogP contribution is 2.32. The third-order valence-corrected chi connectivity index (χ3v) is 2.09. The highest BCUT2D eigenvalue weighted by molar-refractivity contribution is 6.38. The van der Waals surface area contributed by atoms with Crippen LogP contribution in [0.4, 0.5) is 5.69 Å². The molecule has 0 atom stereocenters. The van der Waals surface area contributed by atoms with E-state index in [1.807, 2.05) is 6.92 Å². The van der Waals surface area contributed by atoms with Crippen molar-refractivity contribution in [2.24, 2.45) is 0 Å². The zero-order valence-corrected chi connectivity index (χ0v) is 8.21. The molecule has 1 rings (SSSR count). The Hall–Kier alpha value is -0.660. The standard InChI is InChI=1S/C9H9Cl2N/c1-5(2)9-7(10)3-6(12)4-8(9)11/h3-4H,1,12H2,2H3. The topological polar surface area (TPSA) is 26.0 Å². The SMILES string of the molecule is C=C(C)c1c(Cl)cc(N)cc1Cl. The molecule has 0 heterocycles. The van der Waals surface area contributed by atoms with Gasteiger partial charge in [-0.3, -0.25) is 0 Å². The minimum atomic E-state index is 0.549. The molecule has 0 amide bonds. The van der Waals surface area contributed by atoms with E-state index in [0.717, 1.165) is 11.1 Å². The van der Waals surface area contributed by atoms with Crippen LogP contribution in [-0.2, 0) is 0 Å². The van der Waals surface area contributed by atoms with Crippen LogP contribution in [0.1, 0.15) is 12.5 Å². The number of benzene rings is 1. The Balaban J connectivity index is 3.38. The van der Waals surface area contributed by atoms with Crippen LogP contribution >= 0.6 is 23.2 Å². The minimum Gasteiger partial charge on any atom is -0.399 e. The predicted molar refractivity (Wildman–Crippen MR) is 55.6 cm³/mol. The van der Waals surface area contributed by atoms with Crippen LogP contribution < -0.4 is 5.73 Å². The van der Waals surface area contributed by atoms with Crippen LogP contribution in [0.5, 0.6) is 0 Å². The molecule has 0 aliphatic heterocycles. The van der Waals surface area contributed by atoms with Gasteiger partial charge in [-0.05, 0) is 24.6 Å². The Bertz CT molecular complexity index is 308. The Morgan fingerprint density at radius 2 is 1.75 bits per heavy atom. The van der Waals surface area contributed by atoms with Crippen molar-refractivity contribution in [1.82, 2.24) is 0 Å². The second-order valence-corrected chi connectivity index (χ2v) is 3.45. The second kappa shape index (κ2) is 3.38. The molecular weight excluding hydrogens is 193 g/mol. The maximum atomic E-state index is 5.90. The zero-order chi connectivity index (χ0) is 9.30. The fourth-order valence-electron chi connectivity index (χ4n) is 1.00. The maximum Gasteiger partial charge on any atom is 0.0516 e. The average molecular weight is 202 g/mol. The van der Waals surface area contributed by atoms with Gasteiger partial charge in [-0.15, -0.1) is 0 Å². The lowest BCUT2D eigenvalue weighted by molar-refractivity contribution is 1.57. The van der Waals surface area contributed by atoms with E-state index >= 15 is 0 Å². The van der Waals surface area contributed by atoms with E-state index in [9.17, 15) is 0 Å². The van der Waals surface area contributed by atoms with Crippen LogP contribution in [0.3, 0.4) is 0 Å². The Morgan fingerprint density at radius 3 is 2.08 bits per heavy atom. The Kier molecular flexibility index (Phi) is 2.65. The molecule has 64 valence electrons. The summed E-state index contributed by atoms with van der Waals surface area (Å²) in [5.74, 6) is 0. The third-order valence-electron chi connectivity index (χ3n) is 1.49. The van der Waals surface area contributed by atoms with Gasteiger partial charge in [-0.2, -0.15) is 0 Å². The van der Waals surface area contributed by atoms with E-state index in [1.165, 1.54) is 0 Å². The summed E-state index contributed by atoms with van der Waals surface area (Å²) in [4.78, 5) is 0. The summed E-state index contributed by atoms with van der Waals surface area (Å²) >= 11 is 11.8. The molecule has 0 unspecified atom stereocenters. The fourth-order valence-corrected chi connectivity index (χ4v) is 1.83. The van der Waals surface area contributed by atoms with Crippen molar-refractivity contribution in [2.75, 3.05) is 5.73 Å². The molecule has 2 N–H and O–H groups in total. The lowest BCUT2D eigenvalue weighted by atomic mass is 10.1. The van der Waals surface area contributed by atoms with Gasteiger partial charge in [-0.25, -0.2) is 0 Å². The molecule has 0 aliphatic carbocycles. The van der Waals surface area contributed by atoms with Crippen LogP contribution in [0.2, 0.25) is 10.0 Å². The van der Waals surface area contributed by atoms with Crippen LogP contribution in [0, 0.1) is 0 Å². The second-order valence-electron chi connectivity index (χ2n) is 2.64. The summed E-state index contributed by atoms with van der Waals surface area (Å²) in [5.41, 5.74) is 7.70. The van der Waals surface area contributed by atoms with Crippen molar-refractivity contribution >= 4 is 34.5 Å². The molecule has 0 bridgehead atoms. The molecule has 12 heavy (non-hydrogen) atoms. The predicted octanol–water partition coefficient (Wildman–Crippen LogP) is 3.61. The summed E-state index contributed by atoms with van der Waals surface area (Å²) in [6.45, 7) is 5.62. The number of hydrogen-bond acceptors (Lipinski definition) is 1. The summed E-state index contributed by atoms with van der Waals surface area (Å²) in [6, 6.07) is 3.33. The number of anilines is 1. The number of rotatable bonds is 1. The smallest absolute Gasteiger partial charge is 0.0516 e. The van der Waals surface area contributed by atoms with E-state index in [-0.39, 0.29) is 0 Å². The maximum absolute atomic E-state index is 5.90. The molecule has 3 heteroatoms. The van der Waals surface area contributed by atoms with Crippen molar-refractivity contribution in [2.45, 2.75) is 6.92 Å². The van der Waals surface area contributed by atoms with E-state index in [2.05, 4.69) is 6.58 Å². The van der Waals surface area contributed by atoms with Crippen molar-refractivity contribution in [3.63, 3.8) is 0 Å². The van der Waals surface area contributed by atoms with Crippen LogP contribution in [0.25, 0.3) is 5.57 Å². The number of allylic oxidation sites excluding steroid dienone is 1. The van der Waals surface area contributed by atoms with E-state index in [0.29, 0.717) is 15.7 Å². The first kappa shape index (κ1) is 9.43. The first-order chi connectivity index (χ1) is 5.52. The van der Waals surface area contributed by atoms with E-state index < -0.39 is 0 Å². The molecule has 0 saturated carbocycles. The normalized spacial score (nSPS) is 9.92. The lowest BCUT2D eigenvalue weighted by Gasteiger charge is -2.06. The molecule has 0 fully saturated rings. The van der Waals surface area contributed by atoms with Gasteiger partial charge in [0.25, 0.3) is 0 Å². The molecule has 0 aromatic heterocycles. The number of nitrogens with two attached hydrogens (primary N) is 1. The van der Waals surface area contributed by atoms with Gasteiger partial charge < -0.3 is 5.73 Å². The lowest BCUT2D eigenvalue weighted by Crippen LogP contribution is -1.88. The first-order valence-electron chi connectivity index (χ1n) is 3.42. The van der Waals surface area contributed by atoms with Crippen LogP contribution in [0.15, 0.2) is 18.7 Å². The summed E-state index contributed by atoms with van der Waals surface area (Å²) in [7, 11) is 0. The number of nitrogen functional groups attached to an aromatic ring is 1. The van der Waals surface area contributed by atoms with Crippen molar-refractivity contribution in [1.29, 1.82) is 0 Å². The monoisotopic (exact) mass is 201 g/mol. The quantitative estimate of drug-likeness (QED) is 0.691. The molecule has 0 saturated heterocycles. The summed E-state index contributed by atoms with van der Waals surface area (Å²) in [6.07, 6.45) is 0. The van der Waals surface area contributed by atoms with Gasteiger partial charge in [0.1, 0.15) is 0 Å². The molecule has 0 spiro atoms. The van der Waals surface area contributed by atoms with Gasteiger partial charge in [0.2, 0.25) is 0 Å². The van der Waals surface area contributed by atoms with Gasteiger partial charge in [0.15, 0.2) is 0 Å². The molecule has 1 aromatic carbocycles. The Morgan fingerprint density at radius 1 is 1.33 bits per heavy atom. The molecule has 1 nitrogen and oxygen atoms in total. The van der Waals surface area contributed by atoms with Crippen molar-refractivity contribution in [3.05, 3.63) is 34.3 Å². The molecule has 0 aliphatic rings. The molecule has 1 aromatic rings. The highest BCUT2D eigenvalue weighted by atomic mass is 35.5. The summed E-state index contributed by atoms with van der Waals surface area (Å²) in [5, 5.41) is 1.10. The largest absolute Gasteiger partial charge is 0.399 e. The number of halogens is 2. The van der Waals surface area contributed by atoms with Gasteiger partial charge in [0, 0.05) is 11.3 Å². The van der Waals surface area contributed by atoms with E-state index in [1.54, 1.807) is 12.1 Å². The summed E-state index contributed by atoms with van der Waals surface area (Å²) < 4.78 is 0. The third kappa shape index (κ3) is 1.74. The Labute approximate surface area is 81.8 Å². The van der Waals surface area contributed by atoms with Crippen molar-refractivity contribution in [3.8, 4) is 0 Å². The van der Waals surface area contributed by atoms with Gasteiger partial charge in [0.05, 0.1) is 10.0 Å². The zero-order valence-electron chi connectivity index (χ0n) is 6.70. The molecular formula is C9H9Cl2N.